The number of thioether (sulfide) groups is 1. The van der Waals surface area contributed by atoms with Crippen LogP contribution >= 0.6 is 23.4 Å². The normalized spacial score (nSPS) is 19.9. The van der Waals surface area contributed by atoms with Crippen LogP contribution in [0.2, 0.25) is 0 Å². The van der Waals surface area contributed by atoms with Gasteiger partial charge in [-0.1, -0.05) is 23.9 Å². The van der Waals surface area contributed by atoms with E-state index in [1.165, 1.54) is 55.5 Å². The van der Waals surface area contributed by atoms with Crippen molar-refractivity contribution < 1.29 is 32.2 Å². The third kappa shape index (κ3) is 6.04. The summed E-state index contributed by atoms with van der Waals surface area (Å²) in [6.07, 6.45) is 0.769. The Morgan fingerprint density at radius 1 is 1.21 bits per heavy atom. The number of nitrogens with one attached hydrogen (secondary N) is 1. The molecule has 12 heteroatoms. The number of carboxylic acid groups (broad SMARTS) is 1. The molecule has 0 fully saturated rings. The van der Waals surface area contributed by atoms with Crippen molar-refractivity contribution in [2.24, 2.45) is 4.99 Å². The largest absolute Gasteiger partial charge is 0.481 e. The van der Waals surface area contributed by atoms with E-state index in [-0.39, 0.29) is 22.2 Å². The lowest BCUT2D eigenvalue weighted by molar-refractivity contribution is -0.137. The highest BCUT2D eigenvalue weighted by Gasteiger charge is 2.40. The van der Waals surface area contributed by atoms with Crippen molar-refractivity contribution in [1.29, 1.82) is 0 Å². The lowest BCUT2D eigenvalue weighted by Crippen LogP contribution is -2.47. The molecule has 0 radical (unpaired) electrons. The van der Waals surface area contributed by atoms with Gasteiger partial charge in [-0.25, -0.2) is 12.8 Å². The minimum atomic E-state index is -3.46. The lowest BCUT2D eigenvalue weighted by atomic mass is 9.94. The number of hydrogen-bond acceptors (Lipinski definition) is 7. The number of alkyl halides is 1. The monoisotopic (exact) mass is 514 g/mol. The molecule has 0 saturated heterocycles. The Bertz CT molecular complexity index is 1190. The third-order valence-corrected chi connectivity index (χ3v) is 7.47. The third-order valence-electron chi connectivity index (χ3n) is 4.82. The maximum atomic E-state index is 13.3. The Labute approximate surface area is 199 Å². The van der Waals surface area contributed by atoms with Crippen LogP contribution in [0.1, 0.15) is 18.9 Å². The maximum absolute atomic E-state index is 13.3. The van der Waals surface area contributed by atoms with Gasteiger partial charge in [0.25, 0.3) is 5.91 Å². The van der Waals surface area contributed by atoms with Gasteiger partial charge in [-0.15, -0.1) is 11.6 Å². The number of aliphatic carboxylic acids is 1. The number of amidine groups is 1. The number of nitrogens with zero attached hydrogens (tertiary/aromatic N) is 1. The van der Waals surface area contributed by atoms with Gasteiger partial charge in [-0.05, 0) is 43.3 Å². The molecule has 2 aromatic rings. The van der Waals surface area contributed by atoms with Crippen LogP contribution in [0.5, 0.6) is 5.75 Å². The van der Waals surface area contributed by atoms with Crippen molar-refractivity contribution in [3.63, 3.8) is 0 Å². The van der Waals surface area contributed by atoms with Crippen molar-refractivity contribution in [2.75, 3.05) is 6.26 Å². The van der Waals surface area contributed by atoms with Gasteiger partial charge in [0, 0.05) is 11.8 Å². The lowest BCUT2D eigenvalue weighted by Gasteiger charge is -2.30. The molecular weight excluding hydrogens is 495 g/mol. The van der Waals surface area contributed by atoms with Gasteiger partial charge >= 0.3 is 5.97 Å². The molecule has 176 valence electrons. The highest BCUT2D eigenvalue weighted by molar-refractivity contribution is 8.15. The molecule has 1 heterocycles. The van der Waals surface area contributed by atoms with E-state index in [9.17, 15) is 22.4 Å². The van der Waals surface area contributed by atoms with Crippen molar-refractivity contribution in [3.05, 3.63) is 59.9 Å². The summed E-state index contributed by atoms with van der Waals surface area (Å²) in [5.41, 5.74) is -1.35. The van der Waals surface area contributed by atoms with Crippen molar-refractivity contribution >= 4 is 50.2 Å². The molecule has 0 bridgehead atoms. The van der Waals surface area contributed by atoms with E-state index in [1.807, 2.05) is 0 Å². The van der Waals surface area contributed by atoms with Gasteiger partial charge < -0.3 is 15.2 Å². The molecule has 33 heavy (non-hydrogen) atoms. The van der Waals surface area contributed by atoms with Crippen molar-refractivity contribution in [3.8, 4) is 5.75 Å². The van der Waals surface area contributed by atoms with Crippen LogP contribution in [-0.4, -0.2) is 47.6 Å². The van der Waals surface area contributed by atoms with Crippen LogP contribution in [0.15, 0.2) is 58.4 Å². The van der Waals surface area contributed by atoms with Crippen molar-refractivity contribution in [2.45, 2.75) is 34.6 Å². The number of carbonyl (C=O) groups is 2. The van der Waals surface area contributed by atoms with Crippen LogP contribution < -0.4 is 10.1 Å². The van der Waals surface area contributed by atoms with Gasteiger partial charge in [0.2, 0.25) is 5.60 Å². The number of aliphatic imine (C=N–C) groups is 1. The van der Waals surface area contributed by atoms with E-state index in [4.69, 9.17) is 21.4 Å². The Balaban J connectivity index is 1.93. The summed E-state index contributed by atoms with van der Waals surface area (Å²) in [6.45, 7) is 1.47. The first kappa shape index (κ1) is 25.0. The second-order valence-corrected chi connectivity index (χ2v) is 11.3. The molecule has 3 unspecified atom stereocenters. The summed E-state index contributed by atoms with van der Waals surface area (Å²) < 4.78 is 42.2. The molecule has 0 aliphatic carbocycles. The zero-order valence-corrected chi connectivity index (χ0v) is 19.9. The number of carboxylic acids is 1. The summed E-state index contributed by atoms with van der Waals surface area (Å²) in [7, 11) is -3.46. The van der Waals surface area contributed by atoms with E-state index in [0.717, 1.165) is 18.0 Å². The number of benzene rings is 2. The zero-order chi connectivity index (χ0) is 24.4. The standard InChI is InChI=1S/C21H20ClFN2O6S2/c1-21(31-14-7-5-13(23)6-8-14,12-3-9-15(10-4-12)33(2,29)30)19(28)25-20-24-16(11-17(26)27)18(22)32-20/h3-10,16,18H,11H2,1-2H3,(H,26,27)(H,24,25,28). The highest BCUT2D eigenvalue weighted by Crippen LogP contribution is 2.33. The topological polar surface area (TPSA) is 122 Å². The number of rotatable bonds is 7. The number of sulfone groups is 1. The zero-order valence-electron chi connectivity index (χ0n) is 17.5. The molecule has 3 rings (SSSR count). The molecule has 2 N–H and O–H groups in total. The van der Waals surface area contributed by atoms with E-state index in [1.54, 1.807) is 0 Å². The fourth-order valence-electron chi connectivity index (χ4n) is 3.02. The smallest absolute Gasteiger partial charge is 0.305 e. The van der Waals surface area contributed by atoms with Crippen LogP contribution in [0.25, 0.3) is 0 Å². The molecule has 3 atom stereocenters. The van der Waals surface area contributed by atoms with Gasteiger partial charge in [0.15, 0.2) is 15.0 Å². The van der Waals surface area contributed by atoms with Crippen molar-refractivity contribution in [1.82, 2.24) is 5.32 Å². The fraction of sp³-hybridized carbons (Fsp3) is 0.286. The van der Waals surface area contributed by atoms with Crippen LogP contribution in [0.3, 0.4) is 0 Å². The predicted octanol–water partition coefficient (Wildman–Crippen LogP) is 3.15. The van der Waals surface area contributed by atoms with E-state index < -0.39 is 43.9 Å². The second-order valence-electron chi connectivity index (χ2n) is 7.41. The molecule has 0 aromatic heterocycles. The molecule has 1 amide bonds. The van der Waals surface area contributed by atoms with Crippen LogP contribution in [-0.2, 0) is 25.0 Å². The Hall–Kier alpha value is -2.63. The molecule has 1 aliphatic heterocycles. The average molecular weight is 515 g/mol. The first-order valence-corrected chi connectivity index (χ1v) is 12.8. The minimum absolute atomic E-state index is 0.0630. The van der Waals surface area contributed by atoms with Crippen LogP contribution in [0, 0.1) is 5.82 Å². The minimum Gasteiger partial charge on any atom is -0.481 e. The molecule has 0 saturated carbocycles. The number of hydrogen-bond donors (Lipinski definition) is 2. The number of halogens is 2. The molecule has 1 aliphatic rings. The second kappa shape index (κ2) is 9.70. The van der Waals surface area contributed by atoms with E-state index in [0.29, 0.717) is 5.56 Å². The Morgan fingerprint density at radius 3 is 2.36 bits per heavy atom. The molecule has 0 spiro atoms. The SMILES string of the molecule is CC(Oc1ccc(F)cc1)(C(=O)NC1=NC(CC(=O)O)C(Cl)S1)c1ccc(S(C)(=O)=O)cc1. The summed E-state index contributed by atoms with van der Waals surface area (Å²) in [5, 5.41) is 11.7. The van der Waals surface area contributed by atoms with E-state index in [2.05, 4.69) is 10.3 Å². The first-order valence-electron chi connectivity index (χ1n) is 9.55. The summed E-state index contributed by atoms with van der Waals surface area (Å²) >= 11 is 7.15. The number of ether oxygens (including phenoxy) is 1. The fourth-order valence-corrected chi connectivity index (χ4v) is 4.92. The maximum Gasteiger partial charge on any atom is 0.305 e. The molecule has 8 nitrogen and oxygen atoms in total. The van der Waals surface area contributed by atoms with Crippen LogP contribution in [0.4, 0.5) is 4.39 Å². The molecular formula is C21H20ClFN2O6S2. The summed E-state index contributed by atoms with van der Waals surface area (Å²) in [5.74, 6) is -2.02. The summed E-state index contributed by atoms with van der Waals surface area (Å²) in [4.78, 5) is 28.5. The predicted molar refractivity (Wildman–Crippen MR) is 123 cm³/mol. The van der Waals surface area contributed by atoms with Gasteiger partial charge in [-0.2, -0.15) is 0 Å². The highest BCUT2D eigenvalue weighted by atomic mass is 35.5. The van der Waals surface area contributed by atoms with E-state index >= 15 is 0 Å². The number of amides is 1. The average Bonchev–Trinajstić information content (AvgIpc) is 3.07. The number of carbonyl (C=O) groups excluding carboxylic acids is 1. The Kier molecular flexibility index (Phi) is 7.35. The first-order chi connectivity index (χ1) is 15.4. The molecule has 2 aromatic carbocycles. The van der Waals surface area contributed by atoms with Gasteiger partial charge in [0.1, 0.15) is 16.3 Å². The van der Waals surface area contributed by atoms with Gasteiger partial charge in [-0.3, -0.25) is 14.6 Å². The Morgan fingerprint density at radius 2 is 1.82 bits per heavy atom. The quantitative estimate of drug-likeness (QED) is 0.544. The summed E-state index contributed by atoms with van der Waals surface area (Å²) in [6, 6.07) is 9.92. The van der Waals surface area contributed by atoms with Gasteiger partial charge in [0.05, 0.1) is 17.4 Å².